The zero-order valence-corrected chi connectivity index (χ0v) is 15.5. The standard InChI is InChI=1S/C21H19NO7/c23-20(22-15-4-6-17-19(11-15)29-13-28-17)12-27-21(24)7-3-14-2-5-16-18(10-14)26-9-1-8-25-16/h2-7,10-11H,1,8-9,12-13H2,(H,22,23)/b7-3+. The number of carbonyl (C=O) groups excluding carboxylic acids is 2. The van der Waals surface area contributed by atoms with Crippen molar-refractivity contribution in [3.63, 3.8) is 0 Å². The molecule has 0 saturated carbocycles. The van der Waals surface area contributed by atoms with E-state index in [9.17, 15) is 9.59 Å². The first-order chi connectivity index (χ1) is 14.2. The first-order valence-electron chi connectivity index (χ1n) is 9.11. The van der Waals surface area contributed by atoms with Crippen LogP contribution in [0.15, 0.2) is 42.5 Å². The first-order valence-corrected chi connectivity index (χ1v) is 9.11. The van der Waals surface area contributed by atoms with Gasteiger partial charge < -0.3 is 29.0 Å². The molecule has 0 radical (unpaired) electrons. The molecule has 2 aliphatic heterocycles. The molecule has 1 N–H and O–H groups in total. The highest BCUT2D eigenvalue weighted by molar-refractivity contribution is 5.94. The maximum absolute atomic E-state index is 12.0. The normalized spacial score (nSPS) is 14.3. The van der Waals surface area contributed by atoms with Crippen LogP contribution in [0.4, 0.5) is 5.69 Å². The van der Waals surface area contributed by atoms with Gasteiger partial charge in [0.25, 0.3) is 5.91 Å². The second-order valence-corrected chi connectivity index (χ2v) is 6.31. The van der Waals surface area contributed by atoms with E-state index in [0.717, 1.165) is 12.0 Å². The summed E-state index contributed by atoms with van der Waals surface area (Å²) in [4.78, 5) is 23.9. The Hall–Kier alpha value is -3.68. The highest BCUT2D eigenvalue weighted by Crippen LogP contribution is 2.34. The van der Waals surface area contributed by atoms with Crippen molar-refractivity contribution in [2.24, 2.45) is 0 Å². The smallest absolute Gasteiger partial charge is 0.331 e. The van der Waals surface area contributed by atoms with Gasteiger partial charge in [-0.15, -0.1) is 0 Å². The third kappa shape index (κ3) is 4.78. The van der Waals surface area contributed by atoms with E-state index >= 15 is 0 Å². The number of fused-ring (bicyclic) bond motifs is 2. The molecule has 0 unspecified atom stereocenters. The molecular weight excluding hydrogens is 378 g/mol. The van der Waals surface area contributed by atoms with Gasteiger partial charge in [0.05, 0.1) is 13.2 Å². The molecule has 150 valence electrons. The Morgan fingerprint density at radius 3 is 2.55 bits per heavy atom. The summed E-state index contributed by atoms with van der Waals surface area (Å²) in [6.45, 7) is 0.947. The van der Waals surface area contributed by atoms with Gasteiger partial charge in [0.1, 0.15) is 0 Å². The quantitative estimate of drug-likeness (QED) is 0.613. The van der Waals surface area contributed by atoms with E-state index in [1.165, 1.54) is 6.08 Å². The fourth-order valence-corrected chi connectivity index (χ4v) is 2.80. The number of ether oxygens (including phenoxy) is 5. The fourth-order valence-electron chi connectivity index (χ4n) is 2.80. The molecule has 4 rings (SSSR count). The third-order valence-electron chi connectivity index (χ3n) is 4.19. The summed E-state index contributed by atoms with van der Waals surface area (Å²) in [7, 11) is 0. The van der Waals surface area contributed by atoms with Crippen molar-refractivity contribution in [3.8, 4) is 23.0 Å². The topological polar surface area (TPSA) is 92.3 Å². The first kappa shape index (κ1) is 18.7. The summed E-state index contributed by atoms with van der Waals surface area (Å²) >= 11 is 0. The molecule has 0 atom stereocenters. The number of hydrogen-bond acceptors (Lipinski definition) is 7. The highest BCUT2D eigenvalue weighted by atomic mass is 16.7. The molecule has 0 saturated heterocycles. The van der Waals surface area contributed by atoms with E-state index in [1.54, 1.807) is 36.4 Å². The van der Waals surface area contributed by atoms with Crippen LogP contribution in [0, 0.1) is 0 Å². The average Bonchev–Trinajstić information content (AvgIpc) is 3.06. The Bertz CT molecular complexity index is 954. The van der Waals surface area contributed by atoms with Crippen LogP contribution in [0.5, 0.6) is 23.0 Å². The summed E-state index contributed by atoms with van der Waals surface area (Å²) in [5.74, 6) is 1.41. The zero-order chi connectivity index (χ0) is 20.1. The molecule has 2 heterocycles. The molecule has 0 aromatic heterocycles. The minimum atomic E-state index is -0.627. The van der Waals surface area contributed by atoms with E-state index in [4.69, 9.17) is 23.7 Å². The average molecular weight is 397 g/mol. The lowest BCUT2D eigenvalue weighted by Gasteiger charge is -2.07. The maximum Gasteiger partial charge on any atom is 0.331 e. The second-order valence-electron chi connectivity index (χ2n) is 6.31. The zero-order valence-electron chi connectivity index (χ0n) is 15.5. The number of anilines is 1. The molecule has 0 fully saturated rings. The summed E-state index contributed by atoms with van der Waals surface area (Å²) < 4.78 is 26.6. The van der Waals surface area contributed by atoms with Crippen LogP contribution in [0.2, 0.25) is 0 Å². The lowest BCUT2D eigenvalue weighted by molar-refractivity contribution is -0.142. The summed E-state index contributed by atoms with van der Waals surface area (Å²) in [5, 5.41) is 2.63. The van der Waals surface area contributed by atoms with Crippen LogP contribution in [0.1, 0.15) is 12.0 Å². The number of carbonyl (C=O) groups is 2. The van der Waals surface area contributed by atoms with Crippen LogP contribution in [0.3, 0.4) is 0 Å². The molecule has 2 aromatic carbocycles. The van der Waals surface area contributed by atoms with Gasteiger partial charge in [0.2, 0.25) is 6.79 Å². The Morgan fingerprint density at radius 2 is 1.66 bits per heavy atom. The van der Waals surface area contributed by atoms with E-state index in [1.807, 2.05) is 6.07 Å². The molecule has 8 heteroatoms. The third-order valence-corrected chi connectivity index (χ3v) is 4.19. The Kier molecular flexibility index (Phi) is 5.51. The number of hydrogen-bond donors (Lipinski definition) is 1. The van der Waals surface area contributed by atoms with Crippen LogP contribution in [-0.4, -0.2) is 38.5 Å². The van der Waals surface area contributed by atoms with Gasteiger partial charge in [-0.05, 0) is 35.9 Å². The second kappa shape index (κ2) is 8.55. The molecule has 1 amide bonds. The van der Waals surface area contributed by atoms with Crippen LogP contribution >= 0.6 is 0 Å². The molecule has 0 bridgehead atoms. The summed E-state index contributed by atoms with van der Waals surface area (Å²) in [6, 6.07) is 10.4. The lowest BCUT2D eigenvalue weighted by Crippen LogP contribution is -2.20. The minimum absolute atomic E-state index is 0.153. The predicted molar refractivity (Wildman–Crippen MR) is 103 cm³/mol. The molecule has 8 nitrogen and oxygen atoms in total. The summed E-state index contributed by atoms with van der Waals surface area (Å²) in [5.41, 5.74) is 1.29. The number of rotatable bonds is 5. The molecule has 2 aromatic rings. The molecule has 0 spiro atoms. The van der Waals surface area contributed by atoms with Gasteiger partial charge in [0, 0.05) is 24.3 Å². The fraction of sp³-hybridized carbons (Fsp3) is 0.238. The van der Waals surface area contributed by atoms with Crippen molar-refractivity contribution in [2.75, 3.05) is 31.9 Å². The SMILES string of the molecule is O=C(COC(=O)/C=C/c1ccc2c(c1)OCCCO2)Nc1ccc2c(c1)OCO2. The molecular formula is C21H19NO7. The van der Waals surface area contributed by atoms with Crippen molar-refractivity contribution in [3.05, 3.63) is 48.0 Å². The largest absolute Gasteiger partial charge is 0.490 e. The van der Waals surface area contributed by atoms with E-state index in [2.05, 4.69) is 5.32 Å². The van der Waals surface area contributed by atoms with Gasteiger partial charge >= 0.3 is 5.97 Å². The van der Waals surface area contributed by atoms with E-state index < -0.39 is 18.5 Å². The summed E-state index contributed by atoms with van der Waals surface area (Å²) in [6.07, 6.45) is 3.67. The number of nitrogens with one attached hydrogen (secondary N) is 1. The molecule has 29 heavy (non-hydrogen) atoms. The van der Waals surface area contributed by atoms with Crippen LogP contribution in [-0.2, 0) is 14.3 Å². The number of amides is 1. The van der Waals surface area contributed by atoms with Gasteiger partial charge in [-0.2, -0.15) is 0 Å². The van der Waals surface area contributed by atoms with Crippen molar-refractivity contribution < 1.29 is 33.3 Å². The lowest BCUT2D eigenvalue weighted by atomic mass is 10.2. The monoisotopic (exact) mass is 397 g/mol. The van der Waals surface area contributed by atoms with Crippen molar-refractivity contribution in [1.29, 1.82) is 0 Å². The van der Waals surface area contributed by atoms with Crippen molar-refractivity contribution in [2.45, 2.75) is 6.42 Å². The van der Waals surface area contributed by atoms with E-state index in [0.29, 0.717) is 41.9 Å². The maximum atomic E-state index is 12.0. The van der Waals surface area contributed by atoms with Gasteiger partial charge in [-0.3, -0.25) is 4.79 Å². The molecule has 2 aliphatic rings. The Labute approximate surface area is 167 Å². The van der Waals surface area contributed by atoms with Crippen molar-refractivity contribution >= 4 is 23.6 Å². The molecule has 0 aliphatic carbocycles. The number of benzene rings is 2. The van der Waals surface area contributed by atoms with Crippen molar-refractivity contribution in [1.82, 2.24) is 0 Å². The van der Waals surface area contributed by atoms with E-state index in [-0.39, 0.29) is 6.79 Å². The van der Waals surface area contributed by atoms with Gasteiger partial charge in [-0.25, -0.2) is 4.79 Å². The predicted octanol–water partition coefficient (Wildman–Crippen LogP) is 2.77. The van der Waals surface area contributed by atoms with Crippen LogP contribution in [0.25, 0.3) is 6.08 Å². The number of esters is 1. The highest BCUT2D eigenvalue weighted by Gasteiger charge is 2.14. The van der Waals surface area contributed by atoms with Gasteiger partial charge in [0.15, 0.2) is 29.6 Å². The minimum Gasteiger partial charge on any atom is -0.490 e. The Morgan fingerprint density at radius 1 is 0.931 bits per heavy atom. The van der Waals surface area contributed by atoms with Gasteiger partial charge in [-0.1, -0.05) is 6.07 Å². The van der Waals surface area contributed by atoms with Crippen LogP contribution < -0.4 is 24.3 Å². The Balaban J connectivity index is 1.27.